The second kappa shape index (κ2) is 10.0. The summed E-state index contributed by atoms with van der Waals surface area (Å²) in [7, 11) is 1.91. The van der Waals surface area contributed by atoms with Crippen molar-refractivity contribution in [3.63, 3.8) is 0 Å². The van der Waals surface area contributed by atoms with E-state index >= 15 is 0 Å². The summed E-state index contributed by atoms with van der Waals surface area (Å²) >= 11 is 0. The Hall–Kier alpha value is -4.73. The summed E-state index contributed by atoms with van der Waals surface area (Å²) in [5, 5.41) is 22.6. The zero-order valence-corrected chi connectivity index (χ0v) is 19.1. The van der Waals surface area contributed by atoms with Gasteiger partial charge in [0.1, 0.15) is 17.5 Å². The number of benzene rings is 2. The molecule has 0 fully saturated rings. The molecule has 0 saturated carbocycles. The van der Waals surface area contributed by atoms with Crippen LogP contribution in [0.2, 0.25) is 0 Å². The van der Waals surface area contributed by atoms with E-state index in [1.54, 1.807) is 42.6 Å². The maximum Gasteiger partial charge on any atom is 0.305 e. The number of rotatable bonds is 10. The molecule has 0 spiro atoms. The van der Waals surface area contributed by atoms with Gasteiger partial charge in [-0.15, -0.1) is 0 Å². The molecule has 178 valence electrons. The van der Waals surface area contributed by atoms with E-state index < -0.39 is 5.97 Å². The fourth-order valence-corrected chi connectivity index (χ4v) is 3.67. The van der Waals surface area contributed by atoms with Gasteiger partial charge in [0.2, 0.25) is 0 Å². The van der Waals surface area contributed by atoms with Gasteiger partial charge in [-0.25, -0.2) is 9.97 Å². The Morgan fingerprint density at radius 3 is 2.54 bits per heavy atom. The zero-order valence-electron chi connectivity index (χ0n) is 19.1. The maximum absolute atomic E-state index is 13.2. The molecule has 0 unspecified atom stereocenters. The number of imidazole rings is 1. The monoisotopic (exact) mass is 471 g/mol. The van der Waals surface area contributed by atoms with Gasteiger partial charge in [0.25, 0.3) is 0 Å². The van der Waals surface area contributed by atoms with Gasteiger partial charge in [0, 0.05) is 36.6 Å². The average Bonchev–Trinajstić information content (AvgIpc) is 3.17. The molecule has 0 saturated heterocycles. The second-order valence-electron chi connectivity index (χ2n) is 7.93. The van der Waals surface area contributed by atoms with E-state index in [1.165, 1.54) is 0 Å². The smallest absolute Gasteiger partial charge is 0.305 e. The SMILES string of the molecule is Cn1c(CNc2ccc(C(=N)N)cc2)nc2cc(C(=O)c3cccnc3NCCC(=O)O)ccc21. The minimum atomic E-state index is -0.930. The Labute approximate surface area is 201 Å². The van der Waals surface area contributed by atoms with Crippen LogP contribution >= 0.6 is 0 Å². The number of hydrogen-bond donors (Lipinski definition) is 5. The van der Waals surface area contributed by atoms with E-state index in [1.807, 2.05) is 29.8 Å². The van der Waals surface area contributed by atoms with Crippen LogP contribution < -0.4 is 16.4 Å². The predicted octanol–water partition coefficient (Wildman–Crippen LogP) is 2.98. The summed E-state index contributed by atoms with van der Waals surface area (Å²) in [6.07, 6.45) is 1.47. The zero-order chi connectivity index (χ0) is 24.9. The number of anilines is 2. The lowest BCUT2D eigenvalue weighted by Crippen LogP contribution is -2.13. The number of carbonyl (C=O) groups is 2. The van der Waals surface area contributed by atoms with E-state index in [0.717, 1.165) is 17.0 Å². The molecule has 4 rings (SSSR count). The van der Waals surface area contributed by atoms with Crippen LogP contribution in [0.25, 0.3) is 11.0 Å². The summed E-state index contributed by atoms with van der Waals surface area (Å²) in [6, 6.07) is 15.9. The molecule has 10 heteroatoms. The van der Waals surface area contributed by atoms with Crippen molar-refractivity contribution in [1.29, 1.82) is 5.41 Å². The van der Waals surface area contributed by atoms with Gasteiger partial charge in [-0.1, -0.05) is 0 Å². The quantitative estimate of drug-likeness (QED) is 0.134. The number of nitrogen functional groups attached to an aromatic ring is 1. The number of hydrogen-bond acceptors (Lipinski definition) is 7. The number of fused-ring (bicyclic) bond motifs is 1. The van der Waals surface area contributed by atoms with Crippen molar-refractivity contribution in [1.82, 2.24) is 14.5 Å². The maximum atomic E-state index is 13.2. The first-order chi connectivity index (χ1) is 16.8. The topological polar surface area (TPSA) is 159 Å². The molecule has 6 N–H and O–H groups in total. The van der Waals surface area contributed by atoms with Gasteiger partial charge < -0.3 is 26.0 Å². The number of aryl methyl sites for hydroxylation is 1. The molecule has 35 heavy (non-hydrogen) atoms. The molecule has 2 aromatic heterocycles. The molecule has 0 aliphatic heterocycles. The van der Waals surface area contributed by atoms with Crippen molar-refractivity contribution in [2.75, 3.05) is 17.2 Å². The lowest BCUT2D eigenvalue weighted by atomic mass is 10.0. The standard InChI is InChI=1S/C25H25N7O3/c1-32-20-9-6-16(23(35)18-3-2-11-28-25(18)29-12-10-22(33)34)13-19(20)31-21(32)14-30-17-7-4-15(5-8-17)24(26)27/h2-9,11,13,30H,10,12,14H2,1H3,(H3,26,27)(H,28,29)(H,33,34). The number of nitrogens with zero attached hydrogens (tertiary/aromatic N) is 3. The number of carboxylic acid groups (broad SMARTS) is 1. The third-order valence-electron chi connectivity index (χ3n) is 5.57. The van der Waals surface area contributed by atoms with Gasteiger partial charge in [-0.3, -0.25) is 15.0 Å². The first kappa shape index (κ1) is 23.4. The van der Waals surface area contributed by atoms with Crippen LogP contribution in [-0.4, -0.2) is 43.8 Å². The van der Waals surface area contributed by atoms with Crippen molar-refractivity contribution >= 4 is 40.1 Å². The van der Waals surface area contributed by atoms with Gasteiger partial charge in [0.15, 0.2) is 5.78 Å². The number of nitrogens with two attached hydrogens (primary N) is 1. The van der Waals surface area contributed by atoms with E-state index in [0.29, 0.717) is 34.6 Å². The predicted molar refractivity (Wildman–Crippen MR) is 134 cm³/mol. The van der Waals surface area contributed by atoms with Crippen LogP contribution in [0.15, 0.2) is 60.8 Å². The first-order valence-electron chi connectivity index (χ1n) is 10.9. The molecule has 2 heterocycles. The van der Waals surface area contributed by atoms with Gasteiger partial charge >= 0.3 is 5.97 Å². The highest BCUT2D eigenvalue weighted by Gasteiger charge is 2.17. The Kier molecular flexibility index (Phi) is 6.72. The van der Waals surface area contributed by atoms with Gasteiger partial charge in [0.05, 0.1) is 29.6 Å². The summed E-state index contributed by atoms with van der Waals surface area (Å²) in [4.78, 5) is 32.9. The Balaban J connectivity index is 1.53. The molecule has 0 aliphatic carbocycles. The highest BCUT2D eigenvalue weighted by Crippen LogP contribution is 2.22. The molecule has 2 aromatic carbocycles. The number of ketones is 1. The highest BCUT2D eigenvalue weighted by molar-refractivity contribution is 6.13. The number of aliphatic carboxylic acids is 1. The Morgan fingerprint density at radius 2 is 1.83 bits per heavy atom. The molecule has 0 bridgehead atoms. The van der Waals surface area contributed by atoms with Crippen molar-refractivity contribution in [3.8, 4) is 0 Å². The fraction of sp³-hybridized carbons (Fsp3) is 0.160. The number of carboxylic acids is 1. The third-order valence-corrected chi connectivity index (χ3v) is 5.57. The molecule has 0 radical (unpaired) electrons. The second-order valence-corrected chi connectivity index (χ2v) is 7.93. The average molecular weight is 472 g/mol. The van der Waals surface area contributed by atoms with E-state index in [2.05, 4.69) is 15.6 Å². The number of carbonyl (C=O) groups excluding carboxylic acids is 1. The molecular formula is C25H25N7O3. The van der Waals surface area contributed by atoms with Crippen LogP contribution in [0.4, 0.5) is 11.5 Å². The van der Waals surface area contributed by atoms with Crippen LogP contribution in [0.1, 0.15) is 33.7 Å². The molecule has 0 amide bonds. The number of amidine groups is 1. The number of nitrogens with one attached hydrogen (secondary N) is 3. The van der Waals surface area contributed by atoms with E-state index in [-0.39, 0.29) is 24.6 Å². The summed E-state index contributed by atoms with van der Waals surface area (Å²) in [6.45, 7) is 0.633. The number of pyridine rings is 1. The van der Waals surface area contributed by atoms with Crippen molar-refractivity contribution in [2.24, 2.45) is 12.8 Å². The van der Waals surface area contributed by atoms with E-state index in [4.69, 9.17) is 21.2 Å². The lowest BCUT2D eigenvalue weighted by Gasteiger charge is -2.09. The number of aromatic nitrogens is 3. The molecule has 0 aliphatic rings. The normalized spacial score (nSPS) is 10.8. The lowest BCUT2D eigenvalue weighted by molar-refractivity contribution is -0.136. The molecule has 0 atom stereocenters. The molecular weight excluding hydrogens is 446 g/mol. The van der Waals surface area contributed by atoms with Crippen LogP contribution in [0.3, 0.4) is 0 Å². The molecule has 4 aromatic rings. The van der Waals surface area contributed by atoms with Crippen molar-refractivity contribution < 1.29 is 14.7 Å². The van der Waals surface area contributed by atoms with Crippen LogP contribution in [-0.2, 0) is 18.4 Å². The summed E-state index contributed by atoms with van der Waals surface area (Å²) in [5.41, 5.74) is 9.43. The fourth-order valence-electron chi connectivity index (χ4n) is 3.67. The van der Waals surface area contributed by atoms with Gasteiger partial charge in [-0.2, -0.15) is 0 Å². The Morgan fingerprint density at radius 1 is 1.09 bits per heavy atom. The Bertz CT molecular complexity index is 1410. The summed E-state index contributed by atoms with van der Waals surface area (Å²) < 4.78 is 1.96. The van der Waals surface area contributed by atoms with Gasteiger partial charge in [-0.05, 0) is 54.6 Å². The third kappa shape index (κ3) is 5.27. The minimum Gasteiger partial charge on any atom is -0.481 e. The minimum absolute atomic E-state index is 0.0201. The molecule has 10 nitrogen and oxygen atoms in total. The van der Waals surface area contributed by atoms with Crippen molar-refractivity contribution in [2.45, 2.75) is 13.0 Å². The summed E-state index contributed by atoms with van der Waals surface area (Å²) in [5.74, 6) is -0.00103. The van der Waals surface area contributed by atoms with Crippen molar-refractivity contribution in [3.05, 3.63) is 83.3 Å². The largest absolute Gasteiger partial charge is 0.481 e. The highest BCUT2D eigenvalue weighted by atomic mass is 16.4. The van der Waals surface area contributed by atoms with Crippen LogP contribution in [0, 0.1) is 5.41 Å². The van der Waals surface area contributed by atoms with E-state index in [9.17, 15) is 9.59 Å². The first-order valence-corrected chi connectivity index (χ1v) is 10.9. The van der Waals surface area contributed by atoms with Crippen LogP contribution in [0.5, 0.6) is 0 Å².